The van der Waals surface area contributed by atoms with Crippen LogP contribution in [0.25, 0.3) is 0 Å². The number of hydrogen-bond acceptors (Lipinski definition) is 5. The highest BCUT2D eigenvalue weighted by molar-refractivity contribution is 6.15. The Balaban J connectivity index is 0.795. The normalized spacial score (nSPS) is 12.9. The van der Waals surface area contributed by atoms with Crippen LogP contribution in [0, 0.1) is 0 Å². The number of nitrogens with zero attached hydrogens (tertiary/aromatic N) is 1. The molecule has 0 unspecified atom stereocenters. The van der Waals surface area contributed by atoms with Crippen molar-refractivity contribution in [1.82, 2.24) is 0 Å². The van der Waals surface area contributed by atoms with Gasteiger partial charge in [-0.1, -0.05) is 18.7 Å². The summed E-state index contributed by atoms with van der Waals surface area (Å²) in [4.78, 5) is 14.5. The van der Waals surface area contributed by atoms with Crippen molar-refractivity contribution in [3.8, 4) is 0 Å². The second-order valence-electron chi connectivity index (χ2n) is 13.7. The van der Waals surface area contributed by atoms with Gasteiger partial charge in [0.2, 0.25) is 28.5 Å². The van der Waals surface area contributed by atoms with Crippen molar-refractivity contribution in [3.05, 3.63) is 206 Å². The average Bonchev–Trinajstić information content (AvgIpc) is 3.26. The molecular weight excluding hydrogens is 713 g/mol. The molecule has 0 radical (unpaired) electrons. The molecule has 0 saturated heterocycles. The standard InChI is InChI=1S/C50H40N8/c1-35-3-5-37(6-4-35)52-39-11-13-41(14-12-39)54-43-19-21-45(22-20-43)56-47-27-29-49(30-28-47)58-50-33-31-48(32-34-50)57-46-25-23-44(24-26-46)55-42-17-15-40(16-18-42)53-38-9-7-36(51-2)8-10-38/h3-34,53-56H,1-2H2/p+3. The molecule has 6 aromatic rings. The molecule has 2 aliphatic carbocycles. The van der Waals surface area contributed by atoms with Crippen LogP contribution in [0.3, 0.4) is 0 Å². The summed E-state index contributed by atoms with van der Waals surface area (Å²) in [5.41, 5.74) is 15.9. The minimum Gasteiger partial charge on any atom is -0.356 e. The predicted octanol–water partition coefficient (Wildman–Crippen LogP) is 7.96. The molecule has 2 aliphatic rings. The third-order valence-corrected chi connectivity index (χ3v) is 9.31. The summed E-state index contributed by atoms with van der Waals surface area (Å²) < 4.78 is 0. The molecule has 280 valence electrons. The fourth-order valence-electron chi connectivity index (χ4n) is 6.19. The van der Waals surface area contributed by atoms with Gasteiger partial charge in [-0.15, -0.1) is 0 Å². The van der Waals surface area contributed by atoms with Gasteiger partial charge in [0.1, 0.15) is 6.72 Å². The van der Waals surface area contributed by atoms with Crippen molar-refractivity contribution in [3.63, 3.8) is 0 Å². The van der Waals surface area contributed by atoms with Gasteiger partial charge in [0.05, 0.1) is 11.4 Å². The second-order valence-corrected chi connectivity index (χ2v) is 13.7. The quantitative estimate of drug-likeness (QED) is 0.0509. The topological polar surface area (TPSA) is 102 Å². The van der Waals surface area contributed by atoms with E-state index in [1.807, 2.05) is 72.8 Å². The van der Waals surface area contributed by atoms with Crippen LogP contribution in [0.15, 0.2) is 211 Å². The van der Waals surface area contributed by atoms with E-state index in [4.69, 9.17) is 0 Å². The molecule has 0 heterocycles. The van der Waals surface area contributed by atoms with Crippen LogP contribution >= 0.6 is 0 Å². The van der Waals surface area contributed by atoms with Crippen LogP contribution in [0.2, 0.25) is 0 Å². The molecule has 8 rings (SSSR count). The van der Waals surface area contributed by atoms with Crippen molar-refractivity contribution < 1.29 is 15.0 Å². The molecule has 0 bridgehead atoms. The Morgan fingerprint density at radius 2 is 0.638 bits per heavy atom. The van der Waals surface area contributed by atoms with E-state index in [1.54, 1.807) is 0 Å². The van der Waals surface area contributed by atoms with Crippen LogP contribution in [0.5, 0.6) is 0 Å². The number of allylic oxidation sites excluding steroid dienone is 9. The number of benzene rings is 6. The number of aliphatic imine (C=N–C) groups is 1. The van der Waals surface area contributed by atoms with E-state index in [9.17, 15) is 0 Å². The Morgan fingerprint density at radius 3 is 0.966 bits per heavy atom. The van der Waals surface area contributed by atoms with Crippen molar-refractivity contribution in [2.24, 2.45) is 4.99 Å². The van der Waals surface area contributed by atoms with Gasteiger partial charge >= 0.3 is 0 Å². The molecule has 58 heavy (non-hydrogen) atoms. The molecule has 0 aromatic heterocycles. The molecule has 0 amide bonds. The summed E-state index contributed by atoms with van der Waals surface area (Å²) >= 11 is 0. The average molecular weight is 756 g/mol. The van der Waals surface area contributed by atoms with Gasteiger partial charge in [-0.3, -0.25) is 0 Å². The van der Waals surface area contributed by atoms with E-state index >= 15 is 0 Å². The molecule has 8 nitrogen and oxygen atoms in total. The predicted molar refractivity (Wildman–Crippen MR) is 244 cm³/mol. The minimum absolute atomic E-state index is 0.903. The molecular formula is C50H43N8+3. The first kappa shape index (κ1) is 36.9. The van der Waals surface area contributed by atoms with E-state index in [1.165, 1.54) is 0 Å². The van der Waals surface area contributed by atoms with E-state index < -0.39 is 0 Å². The van der Waals surface area contributed by atoms with Gasteiger partial charge in [-0.05, 0) is 127 Å². The van der Waals surface area contributed by atoms with Crippen LogP contribution in [-0.4, -0.2) is 23.9 Å². The number of nitrogens with one attached hydrogen (secondary N) is 7. The third-order valence-electron chi connectivity index (χ3n) is 9.31. The maximum absolute atomic E-state index is 4.67. The molecule has 7 N–H and O–H groups in total. The van der Waals surface area contributed by atoms with Crippen LogP contribution < -0.4 is 36.2 Å². The first-order chi connectivity index (χ1) is 28.5. The first-order valence-corrected chi connectivity index (χ1v) is 19.0. The number of hydrogen-bond donors (Lipinski definition) is 7. The van der Waals surface area contributed by atoms with Crippen LogP contribution in [0.1, 0.15) is 0 Å². The lowest BCUT2D eigenvalue weighted by Gasteiger charge is -2.10. The van der Waals surface area contributed by atoms with Crippen molar-refractivity contribution >= 4 is 92.1 Å². The fourth-order valence-corrected chi connectivity index (χ4v) is 6.19. The third kappa shape index (κ3) is 10.1. The van der Waals surface area contributed by atoms with Crippen molar-refractivity contribution in [2.45, 2.75) is 0 Å². The molecule has 0 spiro atoms. The maximum Gasteiger partial charge on any atom is 0.204 e. The van der Waals surface area contributed by atoms with E-state index in [0.29, 0.717) is 0 Å². The Labute approximate surface area is 338 Å². The highest BCUT2D eigenvalue weighted by Crippen LogP contribution is 2.25. The lowest BCUT2D eigenvalue weighted by atomic mass is 10.1. The van der Waals surface area contributed by atoms with E-state index in [2.05, 4.69) is 176 Å². The number of rotatable bonds is 12. The lowest BCUT2D eigenvalue weighted by molar-refractivity contribution is -0.353. The lowest BCUT2D eigenvalue weighted by Crippen LogP contribution is -2.68. The smallest absolute Gasteiger partial charge is 0.204 e. The Morgan fingerprint density at radius 1 is 0.345 bits per heavy atom. The van der Waals surface area contributed by atoms with E-state index in [-0.39, 0.29) is 0 Å². The second kappa shape index (κ2) is 17.6. The highest BCUT2D eigenvalue weighted by atomic mass is 14.9. The molecule has 8 heteroatoms. The summed E-state index contributed by atoms with van der Waals surface area (Å²) in [6, 6.07) is 49.1. The summed E-state index contributed by atoms with van der Waals surface area (Å²) in [7, 11) is 0. The zero-order chi connectivity index (χ0) is 39.5. The summed E-state index contributed by atoms with van der Waals surface area (Å²) in [6.45, 7) is 7.62. The Kier molecular flexibility index (Phi) is 11.2. The van der Waals surface area contributed by atoms with Crippen molar-refractivity contribution in [2.75, 3.05) is 21.3 Å². The fraction of sp³-hybridized carbons (Fsp3) is 0. The van der Waals surface area contributed by atoms with E-state index in [0.717, 1.165) is 91.0 Å². The summed E-state index contributed by atoms with van der Waals surface area (Å²) in [5, 5.41) is 13.8. The summed E-state index contributed by atoms with van der Waals surface area (Å²) in [5.74, 6) is 0. The van der Waals surface area contributed by atoms with Crippen LogP contribution in [-0.2, 0) is 0 Å². The molecule has 6 aromatic carbocycles. The summed E-state index contributed by atoms with van der Waals surface area (Å²) in [6.07, 6.45) is 16.2. The van der Waals surface area contributed by atoms with Crippen molar-refractivity contribution in [1.29, 1.82) is 0 Å². The number of anilines is 8. The zero-order valence-electron chi connectivity index (χ0n) is 31.8. The SMILES string of the molecule is C=[NH+]c1ccc(Nc2ccc(Nc3ccc([NH+]=C4C=CC(=[NH+]c5ccc(Nc6ccc(Nc7ccc(N=C8C=CC(=C)C=C8)cc7)cc6)cc5)C=C4)cc3)cc2)cc1. The monoisotopic (exact) mass is 755 g/mol. The Hall–Kier alpha value is -8.10. The largest absolute Gasteiger partial charge is 0.356 e. The highest BCUT2D eigenvalue weighted by Gasteiger charge is 2.10. The van der Waals surface area contributed by atoms with Gasteiger partial charge in [0, 0.05) is 106 Å². The first-order valence-electron chi connectivity index (χ1n) is 19.0. The van der Waals surface area contributed by atoms with Gasteiger partial charge < -0.3 is 21.3 Å². The van der Waals surface area contributed by atoms with Crippen LogP contribution in [0.4, 0.5) is 68.2 Å². The molecule has 0 fully saturated rings. The molecule has 0 saturated carbocycles. The van der Waals surface area contributed by atoms with Gasteiger partial charge in [0.15, 0.2) is 0 Å². The van der Waals surface area contributed by atoms with Gasteiger partial charge in [0.25, 0.3) is 0 Å². The molecule has 0 atom stereocenters. The minimum atomic E-state index is 0.903. The molecule has 0 aliphatic heterocycles. The Bertz CT molecular complexity index is 2590. The zero-order valence-corrected chi connectivity index (χ0v) is 31.8. The maximum atomic E-state index is 4.67. The van der Waals surface area contributed by atoms with Gasteiger partial charge in [-0.25, -0.2) is 20.0 Å². The van der Waals surface area contributed by atoms with Gasteiger partial charge in [-0.2, -0.15) is 0 Å².